The van der Waals surface area contributed by atoms with Crippen molar-refractivity contribution in [2.75, 3.05) is 0 Å². The first-order valence-corrected chi connectivity index (χ1v) is 8.44. The van der Waals surface area contributed by atoms with Gasteiger partial charge in [0.05, 0.1) is 5.54 Å². The molecular weight excluding hydrogens is 292 g/mol. The van der Waals surface area contributed by atoms with Crippen molar-refractivity contribution in [2.24, 2.45) is 11.5 Å². The van der Waals surface area contributed by atoms with Gasteiger partial charge in [0, 0.05) is 5.70 Å². The molecule has 0 aliphatic heterocycles. The third-order valence-corrected chi connectivity index (χ3v) is 4.74. The van der Waals surface area contributed by atoms with E-state index in [2.05, 4.69) is 63.2 Å². The fourth-order valence-corrected chi connectivity index (χ4v) is 3.16. The van der Waals surface area contributed by atoms with Gasteiger partial charge in [0.2, 0.25) is 0 Å². The van der Waals surface area contributed by atoms with Crippen molar-refractivity contribution in [3.05, 3.63) is 83.6 Å². The number of benzene rings is 2. The summed E-state index contributed by atoms with van der Waals surface area (Å²) in [5.41, 5.74) is 17.8. The predicted octanol–water partition coefficient (Wildman–Crippen LogP) is 4.61. The minimum Gasteiger partial charge on any atom is -0.399 e. The van der Waals surface area contributed by atoms with Gasteiger partial charge in [0.1, 0.15) is 0 Å². The molecule has 0 aromatic heterocycles. The first-order valence-electron chi connectivity index (χ1n) is 8.44. The Morgan fingerprint density at radius 2 is 1.62 bits per heavy atom. The second-order valence-corrected chi connectivity index (χ2v) is 7.65. The number of rotatable bonds is 2. The second-order valence-electron chi connectivity index (χ2n) is 7.65. The Hall–Kier alpha value is -2.32. The molecule has 0 saturated heterocycles. The van der Waals surface area contributed by atoms with E-state index in [1.807, 2.05) is 24.3 Å². The van der Waals surface area contributed by atoms with Crippen LogP contribution >= 0.6 is 0 Å². The SMILES string of the molecule is CC(C)(C)c1ccc(-c2ccccc2C2(N)C=CC(N)=CC2)cc1. The van der Waals surface area contributed by atoms with Gasteiger partial charge in [-0.2, -0.15) is 0 Å². The van der Waals surface area contributed by atoms with E-state index in [0.717, 1.165) is 11.3 Å². The third kappa shape index (κ3) is 3.15. The van der Waals surface area contributed by atoms with Gasteiger partial charge in [-0.05, 0) is 40.2 Å². The molecular formula is C22H26N2. The highest BCUT2D eigenvalue weighted by Crippen LogP contribution is 2.36. The molecule has 0 radical (unpaired) electrons. The lowest BCUT2D eigenvalue weighted by Gasteiger charge is -2.30. The molecule has 1 aliphatic rings. The molecule has 0 heterocycles. The lowest BCUT2D eigenvalue weighted by Crippen LogP contribution is -2.36. The van der Waals surface area contributed by atoms with Crippen molar-refractivity contribution in [1.29, 1.82) is 0 Å². The molecule has 0 saturated carbocycles. The Labute approximate surface area is 144 Å². The highest BCUT2D eigenvalue weighted by atomic mass is 14.7. The molecule has 1 atom stereocenters. The zero-order valence-electron chi connectivity index (χ0n) is 14.7. The maximum Gasteiger partial charge on any atom is 0.0641 e. The van der Waals surface area contributed by atoms with Gasteiger partial charge in [0.15, 0.2) is 0 Å². The summed E-state index contributed by atoms with van der Waals surface area (Å²) < 4.78 is 0. The van der Waals surface area contributed by atoms with Crippen LogP contribution in [0.3, 0.4) is 0 Å². The smallest absolute Gasteiger partial charge is 0.0641 e. The van der Waals surface area contributed by atoms with E-state index in [1.54, 1.807) is 0 Å². The normalized spacial score (nSPS) is 20.8. The van der Waals surface area contributed by atoms with E-state index < -0.39 is 5.54 Å². The van der Waals surface area contributed by atoms with E-state index in [0.29, 0.717) is 6.42 Å². The number of allylic oxidation sites excluding steroid dienone is 1. The Balaban J connectivity index is 2.03. The van der Waals surface area contributed by atoms with Crippen LogP contribution in [0.15, 0.2) is 72.5 Å². The highest BCUT2D eigenvalue weighted by Gasteiger charge is 2.28. The molecule has 3 rings (SSSR count). The molecule has 1 aliphatic carbocycles. The first kappa shape index (κ1) is 16.5. The fraction of sp³-hybridized carbons (Fsp3) is 0.273. The van der Waals surface area contributed by atoms with E-state index >= 15 is 0 Å². The van der Waals surface area contributed by atoms with Crippen molar-refractivity contribution >= 4 is 0 Å². The molecule has 0 amide bonds. The molecule has 0 fully saturated rings. The average Bonchev–Trinajstić information content (AvgIpc) is 2.57. The van der Waals surface area contributed by atoms with Crippen LogP contribution in [0.25, 0.3) is 11.1 Å². The predicted molar refractivity (Wildman–Crippen MR) is 102 cm³/mol. The van der Waals surface area contributed by atoms with Crippen molar-refractivity contribution in [2.45, 2.75) is 38.1 Å². The lowest BCUT2D eigenvalue weighted by atomic mass is 9.79. The fourth-order valence-electron chi connectivity index (χ4n) is 3.16. The number of hydrogen-bond donors (Lipinski definition) is 2. The van der Waals surface area contributed by atoms with Crippen LogP contribution in [-0.2, 0) is 11.0 Å². The monoisotopic (exact) mass is 318 g/mol. The summed E-state index contributed by atoms with van der Waals surface area (Å²) in [4.78, 5) is 0. The quantitative estimate of drug-likeness (QED) is 0.849. The minimum absolute atomic E-state index is 0.154. The first-order chi connectivity index (χ1) is 11.3. The maximum absolute atomic E-state index is 6.69. The zero-order valence-corrected chi connectivity index (χ0v) is 14.7. The summed E-state index contributed by atoms with van der Waals surface area (Å²) >= 11 is 0. The van der Waals surface area contributed by atoms with E-state index in [9.17, 15) is 0 Å². The van der Waals surface area contributed by atoms with Crippen molar-refractivity contribution in [1.82, 2.24) is 0 Å². The molecule has 2 heteroatoms. The molecule has 4 N–H and O–H groups in total. The number of nitrogens with two attached hydrogens (primary N) is 2. The van der Waals surface area contributed by atoms with E-state index in [4.69, 9.17) is 11.5 Å². The molecule has 2 aromatic rings. The zero-order chi connectivity index (χ0) is 17.4. The molecule has 1 unspecified atom stereocenters. The van der Waals surface area contributed by atoms with Gasteiger partial charge < -0.3 is 11.5 Å². The maximum atomic E-state index is 6.69. The van der Waals surface area contributed by atoms with Crippen LogP contribution in [0.5, 0.6) is 0 Å². The largest absolute Gasteiger partial charge is 0.399 e. The second kappa shape index (κ2) is 5.95. The Morgan fingerprint density at radius 1 is 0.958 bits per heavy atom. The van der Waals surface area contributed by atoms with Gasteiger partial charge in [0.25, 0.3) is 0 Å². The van der Waals surface area contributed by atoms with Gasteiger partial charge >= 0.3 is 0 Å². The van der Waals surface area contributed by atoms with Crippen LogP contribution in [-0.4, -0.2) is 0 Å². The van der Waals surface area contributed by atoms with Crippen molar-refractivity contribution in [3.63, 3.8) is 0 Å². The lowest BCUT2D eigenvalue weighted by molar-refractivity contribution is 0.563. The molecule has 0 spiro atoms. The number of hydrogen-bond acceptors (Lipinski definition) is 2. The van der Waals surface area contributed by atoms with Crippen LogP contribution in [0.2, 0.25) is 0 Å². The van der Waals surface area contributed by atoms with Gasteiger partial charge in [-0.15, -0.1) is 0 Å². The summed E-state index contributed by atoms with van der Waals surface area (Å²) in [7, 11) is 0. The van der Waals surface area contributed by atoms with Crippen LogP contribution in [0.4, 0.5) is 0 Å². The highest BCUT2D eigenvalue weighted by molar-refractivity contribution is 5.70. The average molecular weight is 318 g/mol. The molecule has 124 valence electrons. The van der Waals surface area contributed by atoms with Gasteiger partial charge in [-0.25, -0.2) is 0 Å². The molecule has 2 aromatic carbocycles. The van der Waals surface area contributed by atoms with Crippen molar-refractivity contribution < 1.29 is 0 Å². The third-order valence-electron chi connectivity index (χ3n) is 4.74. The minimum atomic E-state index is -0.512. The van der Waals surface area contributed by atoms with E-state index in [1.165, 1.54) is 16.7 Å². The Kier molecular flexibility index (Phi) is 4.10. The molecule has 24 heavy (non-hydrogen) atoms. The van der Waals surface area contributed by atoms with Crippen LogP contribution in [0, 0.1) is 0 Å². The van der Waals surface area contributed by atoms with Crippen molar-refractivity contribution in [3.8, 4) is 11.1 Å². The molecule has 2 nitrogen and oxygen atoms in total. The summed E-state index contributed by atoms with van der Waals surface area (Å²) in [6.07, 6.45) is 6.64. The topological polar surface area (TPSA) is 52.0 Å². The van der Waals surface area contributed by atoms with Gasteiger partial charge in [-0.3, -0.25) is 0 Å². The Bertz CT molecular complexity index is 791. The standard InChI is InChI=1S/C22H26N2/c1-21(2,3)17-10-8-16(9-11-17)19-6-4-5-7-20(19)22(24)14-12-18(23)13-15-22/h4-14H,15,23-24H2,1-3H3. The van der Waals surface area contributed by atoms with Crippen LogP contribution < -0.4 is 11.5 Å². The Morgan fingerprint density at radius 3 is 2.21 bits per heavy atom. The van der Waals surface area contributed by atoms with Crippen LogP contribution in [0.1, 0.15) is 38.3 Å². The summed E-state index contributed by atoms with van der Waals surface area (Å²) in [6, 6.07) is 17.2. The van der Waals surface area contributed by atoms with E-state index in [-0.39, 0.29) is 5.41 Å². The summed E-state index contributed by atoms with van der Waals surface area (Å²) in [5, 5.41) is 0. The summed E-state index contributed by atoms with van der Waals surface area (Å²) in [5.74, 6) is 0. The van der Waals surface area contributed by atoms with Gasteiger partial charge in [-0.1, -0.05) is 81.5 Å². The summed E-state index contributed by atoms with van der Waals surface area (Å²) in [6.45, 7) is 6.69. The molecule has 0 bridgehead atoms.